The van der Waals surface area contributed by atoms with E-state index in [-0.39, 0.29) is 12.4 Å². The normalized spacial score (nSPS) is 21.0. The van der Waals surface area contributed by atoms with Gasteiger partial charge in [0, 0.05) is 25.4 Å². The number of fused-ring (bicyclic) bond motifs is 1. The van der Waals surface area contributed by atoms with Crippen molar-refractivity contribution in [3.8, 4) is 0 Å². The van der Waals surface area contributed by atoms with Crippen molar-refractivity contribution >= 4 is 18.1 Å². The average molecular weight is 312 g/mol. The van der Waals surface area contributed by atoms with Crippen molar-refractivity contribution in [1.82, 2.24) is 10.2 Å². The first-order chi connectivity index (χ1) is 9.72. The van der Waals surface area contributed by atoms with Crippen LogP contribution in [0.3, 0.4) is 0 Å². The van der Waals surface area contributed by atoms with Crippen molar-refractivity contribution < 1.29 is 4.74 Å². The molecule has 1 saturated heterocycles. The van der Waals surface area contributed by atoms with Gasteiger partial charge in [-0.1, -0.05) is 6.07 Å². The second kappa shape index (κ2) is 7.45. The highest BCUT2D eigenvalue weighted by Crippen LogP contribution is 2.27. The molecule has 5 heteroatoms. The second-order valence-electron chi connectivity index (χ2n) is 6.15. The summed E-state index contributed by atoms with van der Waals surface area (Å²) in [5, 5.41) is 7.18. The zero-order chi connectivity index (χ0) is 13.9. The van der Waals surface area contributed by atoms with E-state index >= 15 is 0 Å². The van der Waals surface area contributed by atoms with Crippen LogP contribution < -0.4 is 10.6 Å². The van der Waals surface area contributed by atoms with Gasteiger partial charge in [0.2, 0.25) is 0 Å². The summed E-state index contributed by atoms with van der Waals surface area (Å²) in [4.78, 5) is 2.23. The third-order valence-electron chi connectivity index (χ3n) is 4.06. The van der Waals surface area contributed by atoms with Crippen molar-refractivity contribution in [2.24, 2.45) is 0 Å². The van der Waals surface area contributed by atoms with E-state index in [2.05, 4.69) is 41.8 Å². The van der Waals surface area contributed by atoms with Crippen LogP contribution >= 0.6 is 12.4 Å². The van der Waals surface area contributed by atoms with Gasteiger partial charge >= 0.3 is 0 Å². The van der Waals surface area contributed by atoms with Crippen LogP contribution in [0.4, 0.5) is 5.69 Å². The van der Waals surface area contributed by atoms with Crippen LogP contribution in [0.2, 0.25) is 0 Å². The molecular formula is C16H26ClN3O. The Balaban J connectivity index is 0.00000161. The maximum atomic E-state index is 5.48. The lowest BCUT2D eigenvalue weighted by Gasteiger charge is -2.25. The van der Waals surface area contributed by atoms with E-state index in [1.165, 1.54) is 22.4 Å². The molecule has 1 fully saturated rings. The maximum absolute atomic E-state index is 5.48. The summed E-state index contributed by atoms with van der Waals surface area (Å²) >= 11 is 0. The molecule has 21 heavy (non-hydrogen) atoms. The quantitative estimate of drug-likeness (QED) is 0.892. The van der Waals surface area contributed by atoms with Crippen LogP contribution in [0, 0.1) is 0 Å². The zero-order valence-electron chi connectivity index (χ0n) is 12.9. The molecule has 3 rings (SSSR count). The Labute approximate surface area is 133 Å². The van der Waals surface area contributed by atoms with E-state index in [1.807, 2.05) is 0 Å². The number of halogens is 1. The van der Waals surface area contributed by atoms with Crippen molar-refractivity contribution in [3.05, 3.63) is 28.8 Å². The largest absolute Gasteiger partial charge is 0.380 e. The van der Waals surface area contributed by atoms with Crippen LogP contribution in [-0.2, 0) is 24.2 Å². The fraction of sp³-hybridized carbons (Fsp3) is 0.625. The van der Waals surface area contributed by atoms with Gasteiger partial charge in [-0.25, -0.2) is 0 Å². The summed E-state index contributed by atoms with van der Waals surface area (Å²) in [6.45, 7) is 4.78. The number of hydrogen-bond donors (Lipinski definition) is 2. The molecule has 1 unspecified atom stereocenters. The number of hydrogen-bond acceptors (Lipinski definition) is 4. The summed E-state index contributed by atoms with van der Waals surface area (Å²) in [6.07, 6.45) is 2.24. The van der Waals surface area contributed by atoms with Crippen LogP contribution in [-0.4, -0.2) is 44.8 Å². The Morgan fingerprint density at radius 2 is 2.24 bits per heavy atom. The molecule has 1 aromatic rings. The molecule has 0 amide bonds. The van der Waals surface area contributed by atoms with E-state index < -0.39 is 0 Å². The van der Waals surface area contributed by atoms with Gasteiger partial charge in [0.1, 0.15) is 0 Å². The molecule has 1 aromatic carbocycles. The van der Waals surface area contributed by atoms with Gasteiger partial charge in [-0.3, -0.25) is 0 Å². The Bertz CT molecular complexity index is 473. The van der Waals surface area contributed by atoms with Gasteiger partial charge in [-0.2, -0.15) is 0 Å². The van der Waals surface area contributed by atoms with Crippen LogP contribution in [0.1, 0.15) is 23.1 Å². The molecule has 2 N–H and O–H groups in total. The minimum absolute atomic E-state index is 0. The molecule has 2 aliphatic heterocycles. The molecule has 4 nitrogen and oxygen atoms in total. The molecule has 2 aliphatic rings. The van der Waals surface area contributed by atoms with E-state index in [0.29, 0.717) is 6.04 Å². The van der Waals surface area contributed by atoms with Gasteiger partial charge < -0.3 is 20.3 Å². The molecular weight excluding hydrogens is 286 g/mol. The molecule has 0 aliphatic carbocycles. The van der Waals surface area contributed by atoms with E-state index in [9.17, 15) is 0 Å². The number of benzene rings is 1. The number of ether oxygens (including phenoxy) is 1. The first-order valence-corrected chi connectivity index (χ1v) is 7.57. The lowest BCUT2D eigenvalue weighted by Crippen LogP contribution is -2.27. The first kappa shape index (κ1) is 16.6. The fourth-order valence-electron chi connectivity index (χ4n) is 3.12. The van der Waals surface area contributed by atoms with E-state index in [0.717, 1.165) is 45.7 Å². The Morgan fingerprint density at radius 1 is 1.38 bits per heavy atom. The Morgan fingerprint density at radius 3 is 2.95 bits per heavy atom. The minimum Gasteiger partial charge on any atom is -0.380 e. The molecule has 0 spiro atoms. The Hall–Kier alpha value is -0.810. The highest BCUT2D eigenvalue weighted by Gasteiger charge is 2.20. The predicted octanol–water partition coefficient (Wildman–Crippen LogP) is 2.02. The third-order valence-corrected chi connectivity index (χ3v) is 4.06. The van der Waals surface area contributed by atoms with E-state index in [4.69, 9.17) is 4.74 Å². The fourth-order valence-corrected chi connectivity index (χ4v) is 3.12. The number of anilines is 1. The molecule has 118 valence electrons. The summed E-state index contributed by atoms with van der Waals surface area (Å²) in [6, 6.07) is 5.17. The van der Waals surface area contributed by atoms with Crippen molar-refractivity contribution in [3.63, 3.8) is 0 Å². The topological polar surface area (TPSA) is 36.5 Å². The lowest BCUT2D eigenvalue weighted by atomic mass is 9.95. The van der Waals surface area contributed by atoms with Crippen molar-refractivity contribution in [1.29, 1.82) is 0 Å². The zero-order valence-corrected chi connectivity index (χ0v) is 13.8. The summed E-state index contributed by atoms with van der Waals surface area (Å²) in [5.74, 6) is 0. The summed E-state index contributed by atoms with van der Waals surface area (Å²) < 4.78 is 5.48. The van der Waals surface area contributed by atoms with Gasteiger partial charge in [-0.05, 0) is 56.2 Å². The number of nitrogens with one attached hydrogen (secondary N) is 2. The smallest absolute Gasteiger partial charge is 0.0668 e. The summed E-state index contributed by atoms with van der Waals surface area (Å²) in [7, 11) is 4.25. The highest BCUT2D eigenvalue weighted by molar-refractivity contribution is 5.85. The van der Waals surface area contributed by atoms with Crippen molar-refractivity contribution in [2.75, 3.05) is 39.2 Å². The molecule has 0 radical (unpaired) electrons. The molecule has 0 aromatic heterocycles. The van der Waals surface area contributed by atoms with Crippen LogP contribution in [0.5, 0.6) is 0 Å². The lowest BCUT2D eigenvalue weighted by molar-refractivity contribution is 0.195. The minimum atomic E-state index is 0. The highest BCUT2D eigenvalue weighted by atomic mass is 35.5. The molecule has 2 heterocycles. The standard InChI is InChI=1S/C16H25N3O.ClH/c1-19(2)10-12-7-13-3-5-17-9-15(13)16(8-12)18-14-4-6-20-11-14;/h7-8,14,17-18H,3-6,9-11H2,1-2H3;1H. The van der Waals surface area contributed by atoms with Crippen molar-refractivity contribution in [2.45, 2.75) is 32.0 Å². The first-order valence-electron chi connectivity index (χ1n) is 7.57. The van der Waals surface area contributed by atoms with Gasteiger partial charge in [0.05, 0.1) is 12.6 Å². The number of nitrogens with zero attached hydrogens (tertiary/aromatic N) is 1. The SMILES string of the molecule is CN(C)Cc1cc2c(c(NC3CCOC3)c1)CNCC2.Cl. The molecule has 0 saturated carbocycles. The van der Waals surface area contributed by atoms with Crippen LogP contribution in [0.15, 0.2) is 12.1 Å². The van der Waals surface area contributed by atoms with Gasteiger partial charge in [0.15, 0.2) is 0 Å². The van der Waals surface area contributed by atoms with Crippen LogP contribution in [0.25, 0.3) is 0 Å². The average Bonchev–Trinajstić information content (AvgIpc) is 2.91. The van der Waals surface area contributed by atoms with Gasteiger partial charge in [-0.15, -0.1) is 12.4 Å². The maximum Gasteiger partial charge on any atom is 0.0668 e. The molecule has 0 bridgehead atoms. The monoisotopic (exact) mass is 311 g/mol. The van der Waals surface area contributed by atoms with E-state index in [1.54, 1.807) is 0 Å². The second-order valence-corrected chi connectivity index (χ2v) is 6.15. The van der Waals surface area contributed by atoms with Gasteiger partial charge in [0.25, 0.3) is 0 Å². The third kappa shape index (κ3) is 4.10. The molecule has 1 atom stereocenters. The summed E-state index contributed by atoms with van der Waals surface area (Å²) in [5.41, 5.74) is 5.66. The predicted molar refractivity (Wildman–Crippen MR) is 89.3 cm³/mol. The Kier molecular flexibility index (Phi) is 5.88. The number of rotatable bonds is 4.